The molecule has 2 N–H and O–H groups in total. The first kappa shape index (κ1) is 17.7. The Bertz CT molecular complexity index is 962. The van der Waals surface area contributed by atoms with Crippen LogP contribution in [0.4, 0.5) is 0 Å². The first-order valence-corrected chi connectivity index (χ1v) is 9.51. The van der Waals surface area contributed by atoms with Crippen molar-refractivity contribution in [3.05, 3.63) is 65.6 Å². The molecule has 0 aliphatic carbocycles. The number of carbonyl (C=O) groups is 1. The summed E-state index contributed by atoms with van der Waals surface area (Å²) in [5, 5.41) is 14.3. The predicted octanol–water partition coefficient (Wildman–Crippen LogP) is 3.77. The van der Waals surface area contributed by atoms with Gasteiger partial charge in [-0.25, -0.2) is 0 Å². The highest BCUT2D eigenvalue weighted by molar-refractivity contribution is 5.89. The van der Waals surface area contributed by atoms with Gasteiger partial charge in [0.05, 0.1) is 0 Å². The third-order valence-electron chi connectivity index (χ3n) is 5.33. The van der Waals surface area contributed by atoms with E-state index in [1.165, 1.54) is 22.0 Å². The van der Waals surface area contributed by atoms with E-state index in [4.69, 9.17) is 0 Å². The van der Waals surface area contributed by atoms with E-state index >= 15 is 0 Å². The van der Waals surface area contributed by atoms with Gasteiger partial charge in [0.2, 0.25) is 0 Å². The number of carboxylic acid groups (broad SMARTS) is 1. The number of hydrogen-bond acceptors (Lipinski definition) is 3. The largest absolute Gasteiger partial charge is 0.480 e. The summed E-state index contributed by atoms with van der Waals surface area (Å²) in [4.78, 5) is 15.9. The smallest absolute Gasteiger partial charge is 0.321 e. The van der Waals surface area contributed by atoms with Crippen molar-refractivity contribution in [2.75, 3.05) is 0 Å². The summed E-state index contributed by atoms with van der Waals surface area (Å²) in [6.45, 7) is 5.11. The molecule has 1 aliphatic heterocycles. The Balaban J connectivity index is 1.83. The van der Waals surface area contributed by atoms with Crippen LogP contribution in [0, 0.1) is 5.92 Å². The van der Waals surface area contributed by atoms with Crippen LogP contribution in [0.1, 0.15) is 43.0 Å². The maximum Gasteiger partial charge on any atom is 0.321 e. The second-order valence-corrected chi connectivity index (χ2v) is 7.82. The summed E-state index contributed by atoms with van der Waals surface area (Å²) < 4.78 is 2.24. The van der Waals surface area contributed by atoms with Crippen LogP contribution in [0.3, 0.4) is 0 Å². The molecule has 0 unspecified atom stereocenters. The third-order valence-corrected chi connectivity index (χ3v) is 5.33. The van der Waals surface area contributed by atoms with Gasteiger partial charge >= 0.3 is 5.97 Å². The number of nitrogens with one attached hydrogen (secondary N) is 1. The summed E-state index contributed by atoms with van der Waals surface area (Å²) >= 11 is 0. The van der Waals surface area contributed by atoms with Crippen molar-refractivity contribution < 1.29 is 9.90 Å². The number of carboxylic acids is 1. The molecule has 27 heavy (non-hydrogen) atoms. The molecule has 2 aromatic heterocycles. The molecular formula is C22H25N3O2. The maximum absolute atomic E-state index is 11.8. The summed E-state index contributed by atoms with van der Waals surface area (Å²) in [7, 11) is 0. The van der Waals surface area contributed by atoms with Gasteiger partial charge in [-0.2, -0.15) is 0 Å². The number of rotatable bonds is 5. The van der Waals surface area contributed by atoms with Gasteiger partial charge in [0.25, 0.3) is 0 Å². The van der Waals surface area contributed by atoms with Crippen molar-refractivity contribution >= 4 is 16.9 Å². The van der Waals surface area contributed by atoms with Crippen molar-refractivity contribution in [2.45, 2.75) is 45.3 Å². The van der Waals surface area contributed by atoms with Gasteiger partial charge in [0, 0.05) is 48.5 Å². The lowest BCUT2D eigenvalue weighted by Gasteiger charge is -2.23. The minimum Gasteiger partial charge on any atom is -0.480 e. The lowest BCUT2D eigenvalue weighted by atomic mass is 9.94. The molecule has 1 aliphatic rings. The third kappa shape index (κ3) is 3.47. The molecule has 0 saturated carbocycles. The molecule has 2 atom stereocenters. The molecule has 0 saturated heterocycles. The van der Waals surface area contributed by atoms with E-state index in [9.17, 15) is 9.90 Å². The zero-order chi connectivity index (χ0) is 19.0. The quantitative estimate of drug-likeness (QED) is 0.724. The fraction of sp³-hybridized carbons (Fsp3) is 0.364. The van der Waals surface area contributed by atoms with E-state index in [-0.39, 0.29) is 6.04 Å². The van der Waals surface area contributed by atoms with Crippen LogP contribution in [-0.2, 0) is 17.8 Å². The maximum atomic E-state index is 11.8. The molecule has 1 aromatic carbocycles. The normalized spacial score (nSPS) is 19.4. The average molecular weight is 363 g/mol. The monoisotopic (exact) mass is 363 g/mol. The summed E-state index contributed by atoms with van der Waals surface area (Å²) in [5.41, 5.74) is 4.68. The fourth-order valence-electron chi connectivity index (χ4n) is 4.17. The molecule has 3 heterocycles. The molecule has 5 nitrogen and oxygen atoms in total. The molecule has 5 heteroatoms. The van der Waals surface area contributed by atoms with E-state index in [1.54, 1.807) is 12.4 Å². The van der Waals surface area contributed by atoms with Crippen molar-refractivity contribution in [3.8, 4) is 0 Å². The Labute approximate surface area is 159 Å². The van der Waals surface area contributed by atoms with E-state index in [0.717, 1.165) is 18.5 Å². The summed E-state index contributed by atoms with van der Waals surface area (Å²) in [6.07, 6.45) is 7.15. The molecule has 0 spiro atoms. The van der Waals surface area contributed by atoms with Crippen molar-refractivity contribution in [1.29, 1.82) is 0 Å². The molecule has 4 rings (SSSR count). The molecule has 0 radical (unpaired) electrons. The average Bonchev–Trinajstić information content (AvgIpc) is 2.89. The van der Waals surface area contributed by atoms with Crippen LogP contribution in [0.25, 0.3) is 10.9 Å². The standard InChI is InChI=1S/C22H25N3O2/c1-14(2)10-18-17-4-3-5-20-21(17)16(11-19(24-18)22(26)27)13-25(20)12-15-6-8-23-9-7-15/h3-9,13-14,18-19,24H,10-12H2,1-2H3,(H,26,27)/t18-,19-/m0/s1. The Morgan fingerprint density at radius 2 is 2.07 bits per heavy atom. The van der Waals surface area contributed by atoms with Gasteiger partial charge in [0.1, 0.15) is 6.04 Å². The van der Waals surface area contributed by atoms with Gasteiger partial charge in [-0.3, -0.25) is 15.1 Å². The van der Waals surface area contributed by atoms with Crippen LogP contribution >= 0.6 is 0 Å². The van der Waals surface area contributed by atoms with Gasteiger partial charge in [-0.1, -0.05) is 26.0 Å². The second-order valence-electron chi connectivity index (χ2n) is 7.82. The number of benzene rings is 1. The SMILES string of the molecule is CC(C)C[C@@H]1N[C@H](C(=O)O)Cc2cn(Cc3ccncc3)c3cccc1c23. The van der Waals surface area contributed by atoms with Gasteiger partial charge in [0.15, 0.2) is 0 Å². The van der Waals surface area contributed by atoms with Crippen molar-refractivity contribution in [3.63, 3.8) is 0 Å². The molecule has 0 bridgehead atoms. The predicted molar refractivity (Wildman–Crippen MR) is 106 cm³/mol. The molecule has 0 fully saturated rings. The van der Waals surface area contributed by atoms with E-state index in [1.807, 2.05) is 12.1 Å². The lowest BCUT2D eigenvalue weighted by Crippen LogP contribution is -2.40. The second kappa shape index (κ2) is 7.16. The Hall–Kier alpha value is -2.66. The van der Waals surface area contributed by atoms with E-state index in [2.05, 4.69) is 53.1 Å². The zero-order valence-electron chi connectivity index (χ0n) is 15.7. The molecule has 140 valence electrons. The highest BCUT2D eigenvalue weighted by atomic mass is 16.4. The first-order valence-electron chi connectivity index (χ1n) is 9.51. The van der Waals surface area contributed by atoms with Gasteiger partial charge in [-0.15, -0.1) is 0 Å². The minimum atomic E-state index is -0.786. The van der Waals surface area contributed by atoms with Crippen LogP contribution in [0.15, 0.2) is 48.9 Å². The Morgan fingerprint density at radius 3 is 2.78 bits per heavy atom. The number of pyridine rings is 1. The lowest BCUT2D eigenvalue weighted by molar-refractivity contribution is -0.139. The summed E-state index contributed by atoms with van der Waals surface area (Å²) in [5.74, 6) is -0.306. The van der Waals surface area contributed by atoms with Gasteiger partial charge < -0.3 is 9.67 Å². The highest BCUT2D eigenvalue weighted by Gasteiger charge is 2.30. The number of aromatic nitrogens is 2. The fourth-order valence-corrected chi connectivity index (χ4v) is 4.17. The highest BCUT2D eigenvalue weighted by Crippen LogP contribution is 2.36. The van der Waals surface area contributed by atoms with Crippen LogP contribution in [-0.4, -0.2) is 26.7 Å². The summed E-state index contributed by atoms with van der Waals surface area (Å²) in [6, 6.07) is 9.88. The molecule has 3 aromatic rings. The Morgan fingerprint density at radius 1 is 1.30 bits per heavy atom. The Kier molecular flexibility index (Phi) is 4.70. The molecular weight excluding hydrogens is 338 g/mol. The minimum absolute atomic E-state index is 0.0489. The van der Waals surface area contributed by atoms with Crippen LogP contribution in [0.2, 0.25) is 0 Å². The van der Waals surface area contributed by atoms with E-state index < -0.39 is 12.0 Å². The number of hydrogen-bond donors (Lipinski definition) is 2. The van der Waals surface area contributed by atoms with Crippen molar-refractivity contribution in [1.82, 2.24) is 14.9 Å². The van der Waals surface area contributed by atoms with Crippen LogP contribution in [0.5, 0.6) is 0 Å². The van der Waals surface area contributed by atoms with E-state index in [0.29, 0.717) is 12.3 Å². The number of aliphatic carboxylic acids is 1. The van der Waals surface area contributed by atoms with Crippen molar-refractivity contribution in [2.24, 2.45) is 5.92 Å². The van der Waals surface area contributed by atoms with Crippen LogP contribution < -0.4 is 5.32 Å². The van der Waals surface area contributed by atoms with Gasteiger partial charge in [-0.05, 0) is 47.2 Å². The first-order chi connectivity index (χ1) is 13.0. The molecule has 0 amide bonds. The number of nitrogens with zero attached hydrogens (tertiary/aromatic N) is 2. The topological polar surface area (TPSA) is 67.2 Å². The zero-order valence-corrected chi connectivity index (χ0v) is 15.7.